The van der Waals surface area contributed by atoms with Gasteiger partial charge in [0.05, 0.1) is 25.4 Å². The molecule has 11 aromatic rings. The fourth-order valence-corrected chi connectivity index (χ4v) is 12.3. The van der Waals surface area contributed by atoms with Crippen molar-refractivity contribution >= 4 is 65.3 Å². The summed E-state index contributed by atoms with van der Waals surface area (Å²) in [6.45, 7) is 3.26. The highest BCUT2D eigenvalue weighted by Gasteiger charge is 2.75. The Balaban J connectivity index is 0.923. The molecule has 0 amide bonds. The van der Waals surface area contributed by atoms with Crippen molar-refractivity contribution in [3.05, 3.63) is 190 Å². The highest BCUT2D eigenvalue weighted by Crippen LogP contribution is 2.60. The molecule has 4 aromatic heterocycles. The second kappa shape index (κ2) is 19.0. The van der Waals surface area contributed by atoms with Crippen molar-refractivity contribution in [3.63, 3.8) is 0 Å². The number of fused-ring (bicyclic) bond motifs is 4. The van der Waals surface area contributed by atoms with Gasteiger partial charge in [0.25, 0.3) is 0 Å². The Bertz CT molecular complexity index is 4170. The quantitative estimate of drug-likeness (QED) is 0.134. The molecule has 7 aromatic carbocycles. The standard InChI is InChI=1S/C57H30F18N4O2S2/c1-27-3-11-32(12-4-27)49(52(58,59)60,53(61,62)63)33-13-5-29(6-14-33)46-77-38-21-19-36(23-42(38)80-46)51(56(70,71)72,57(73,74)75)37-20-22-39-43(24-37)81-47(78-39)30-7-15-34(16-8-30)50(54(64,65)66,55(67,68)69)35-17-9-31(10-18-35)48-79-41-26-44-40(25-45(41)83-48)76-28(2)82-44/h3-26H,1-2H3. The predicted octanol–water partition coefficient (Wildman–Crippen LogP) is 19.0. The monoisotopic (exact) mass is 1210 g/mol. The average molecular weight is 1210 g/mol. The summed E-state index contributed by atoms with van der Waals surface area (Å²) in [6, 6.07) is 18.3. The van der Waals surface area contributed by atoms with Crippen molar-refractivity contribution in [1.29, 1.82) is 0 Å². The number of hydrogen-bond donors (Lipinski definition) is 0. The second-order valence-corrected chi connectivity index (χ2v) is 21.5. The van der Waals surface area contributed by atoms with E-state index in [0.29, 0.717) is 111 Å². The zero-order valence-electron chi connectivity index (χ0n) is 41.6. The lowest BCUT2D eigenvalue weighted by atomic mass is 9.72. The van der Waals surface area contributed by atoms with Gasteiger partial charge in [0.15, 0.2) is 11.2 Å². The number of thiazole rings is 2. The third-order valence-electron chi connectivity index (χ3n) is 14.4. The first-order chi connectivity index (χ1) is 38.7. The number of alkyl halides is 18. The number of aryl methyl sites for hydroxylation is 2. The first kappa shape index (κ1) is 56.8. The molecule has 0 fully saturated rings. The predicted molar refractivity (Wildman–Crippen MR) is 272 cm³/mol. The van der Waals surface area contributed by atoms with Gasteiger partial charge >= 0.3 is 37.1 Å². The van der Waals surface area contributed by atoms with E-state index in [-0.39, 0.29) is 22.2 Å². The molecule has 0 aliphatic rings. The van der Waals surface area contributed by atoms with Crippen LogP contribution in [0.2, 0.25) is 0 Å². The summed E-state index contributed by atoms with van der Waals surface area (Å²) in [6.07, 6.45) is -36.5. The number of rotatable bonds is 9. The summed E-state index contributed by atoms with van der Waals surface area (Å²) < 4.78 is 285. The molecule has 0 spiro atoms. The minimum atomic E-state index is -6.25. The number of benzene rings is 7. The lowest BCUT2D eigenvalue weighted by Crippen LogP contribution is -2.54. The van der Waals surface area contributed by atoms with Crippen LogP contribution in [0.5, 0.6) is 0 Å². The van der Waals surface area contributed by atoms with Crippen LogP contribution in [-0.2, 0) is 16.2 Å². The van der Waals surface area contributed by atoms with Gasteiger partial charge in [-0.3, -0.25) is 0 Å². The van der Waals surface area contributed by atoms with E-state index in [0.717, 1.165) is 69.6 Å². The maximum atomic E-state index is 15.5. The molecule has 26 heteroatoms. The topological polar surface area (TPSA) is 77.8 Å². The van der Waals surface area contributed by atoms with Crippen LogP contribution in [-0.4, -0.2) is 57.0 Å². The molecule has 428 valence electrons. The summed E-state index contributed by atoms with van der Waals surface area (Å²) >= 11 is 2.55. The summed E-state index contributed by atoms with van der Waals surface area (Å²) in [5.74, 6) is -1.26. The van der Waals surface area contributed by atoms with Gasteiger partial charge in [-0.15, -0.1) is 22.7 Å². The van der Waals surface area contributed by atoms with Crippen molar-refractivity contribution in [2.24, 2.45) is 0 Å². The largest absolute Gasteiger partial charge is 0.436 e. The highest BCUT2D eigenvalue weighted by molar-refractivity contribution is 7.22. The highest BCUT2D eigenvalue weighted by atomic mass is 32.1. The van der Waals surface area contributed by atoms with E-state index in [1.165, 1.54) is 18.3 Å². The molecule has 0 aliphatic carbocycles. The maximum absolute atomic E-state index is 15.5. The Hall–Kier alpha value is -8.00. The maximum Gasteiger partial charge on any atom is 0.411 e. The zero-order valence-corrected chi connectivity index (χ0v) is 43.2. The van der Waals surface area contributed by atoms with Crippen LogP contribution in [0.4, 0.5) is 79.0 Å². The molecule has 4 heterocycles. The molecule has 0 aliphatic heterocycles. The van der Waals surface area contributed by atoms with Gasteiger partial charge in [-0.1, -0.05) is 90.5 Å². The summed E-state index contributed by atoms with van der Waals surface area (Å²) in [7, 11) is 0. The van der Waals surface area contributed by atoms with Crippen molar-refractivity contribution in [2.45, 2.75) is 67.2 Å². The van der Waals surface area contributed by atoms with Crippen LogP contribution >= 0.6 is 22.7 Å². The molecule has 0 saturated carbocycles. The smallest absolute Gasteiger partial charge is 0.411 e. The Kier molecular flexibility index (Phi) is 13.0. The van der Waals surface area contributed by atoms with Crippen LogP contribution < -0.4 is 0 Å². The number of halogens is 18. The van der Waals surface area contributed by atoms with Crippen LogP contribution in [0, 0.1) is 13.8 Å². The molecule has 0 saturated heterocycles. The third kappa shape index (κ3) is 8.87. The van der Waals surface area contributed by atoms with Crippen LogP contribution in [0.1, 0.15) is 44.0 Å². The minimum absolute atomic E-state index is 0.213. The van der Waals surface area contributed by atoms with Gasteiger partial charge in [0.2, 0.25) is 28.0 Å². The summed E-state index contributed by atoms with van der Waals surface area (Å²) in [4.78, 5) is 17.0. The van der Waals surface area contributed by atoms with E-state index in [4.69, 9.17) is 8.83 Å². The van der Waals surface area contributed by atoms with Gasteiger partial charge in [0.1, 0.15) is 16.0 Å². The minimum Gasteiger partial charge on any atom is -0.436 e. The first-order valence-electron chi connectivity index (χ1n) is 24.0. The first-order valence-corrected chi connectivity index (χ1v) is 25.6. The van der Waals surface area contributed by atoms with Gasteiger partial charge < -0.3 is 8.83 Å². The summed E-state index contributed by atoms with van der Waals surface area (Å²) in [5.41, 5.74) is -23.3. The van der Waals surface area contributed by atoms with E-state index in [1.807, 2.05) is 6.92 Å². The van der Waals surface area contributed by atoms with Crippen molar-refractivity contribution < 1.29 is 87.9 Å². The Morgan fingerprint density at radius 3 is 1.00 bits per heavy atom. The SMILES string of the molecule is Cc1ccc(C(c2ccc(-c3nc4ccc(C(c5ccc6nc(-c7ccc(C(c8ccc(-c9nc%10cc%11sc(C)nc%11cc%10s9)cc8)(C(F)(F)F)C(F)(F)F)cc7)oc6c5)(C(F)(F)F)C(F)(F)F)cc4o3)cc2)(C(F)(F)F)C(F)(F)F)cc1. The Morgan fingerprint density at radius 1 is 0.313 bits per heavy atom. The number of hydrogen-bond acceptors (Lipinski definition) is 8. The molecule has 6 nitrogen and oxygen atoms in total. The lowest BCUT2D eigenvalue weighted by Gasteiger charge is -2.38. The van der Waals surface area contributed by atoms with E-state index in [1.54, 1.807) is 12.1 Å². The third-order valence-corrected chi connectivity index (χ3v) is 16.4. The molecular formula is C57H30F18N4O2S2. The molecule has 0 radical (unpaired) electrons. The van der Waals surface area contributed by atoms with Crippen molar-refractivity contribution in [1.82, 2.24) is 19.9 Å². The Morgan fingerprint density at radius 2 is 0.627 bits per heavy atom. The van der Waals surface area contributed by atoms with E-state index in [2.05, 4.69) is 19.9 Å². The molecule has 0 atom stereocenters. The normalized spacial score (nSPS) is 13.8. The van der Waals surface area contributed by atoms with Gasteiger partial charge in [0, 0.05) is 16.7 Å². The van der Waals surface area contributed by atoms with Crippen LogP contribution in [0.25, 0.3) is 76.1 Å². The van der Waals surface area contributed by atoms with E-state index < -0.39 is 115 Å². The molecule has 0 N–H and O–H groups in total. The van der Waals surface area contributed by atoms with Crippen LogP contribution in [0.3, 0.4) is 0 Å². The fraction of sp³-hybridized carbons (Fsp3) is 0.193. The van der Waals surface area contributed by atoms with Gasteiger partial charge in [-0.05, 0) is 108 Å². The molecule has 0 unspecified atom stereocenters. The van der Waals surface area contributed by atoms with Gasteiger partial charge in [-0.25, -0.2) is 19.9 Å². The van der Waals surface area contributed by atoms with Crippen LogP contribution in [0.15, 0.2) is 154 Å². The lowest BCUT2D eigenvalue weighted by molar-refractivity contribution is -0.290. The molecule has 83 heavy (non-hydrogen) atoms. The molecule has 0 bridgehead atoms. The number of aromatic nitrogens is 4. The van der Waals surface area contributed by atoms with Crippen molar-refractivity contribution in [2.75, 3.05) is 0 Å². The average Bonchev–Trinajstić information content (AvgIpc) is 1.56. The fourth-order valence-electron chi connectivity index (χ4n) is 10.5. The summed E-state index contributed by atoms with van der Waals surface area (Å²) in [5, 5.41) is 1.10. The Labute approximate surface area is 461 Å². The number of nitrogens with zero attached hydrogens (tertiary/aromatic N) is 4. The second-order valence-electron chi connectivity index (χ2n) is 19.3. The zero-order chi connectivity index (χ0) is 59.8. The van der Waals surface area contributed by atoms with E-state index >= 15 is 52.7 Å². The van der Waals surface area contributed by atoms with Crippen molar-refractivity contribution in [3.8, 4) is 33.5 Å². The van der Waals surface area contributed by atoms with Gasteiger partial charge in [-0.2, -0.15) is 79.0 Å². The molecule has 11 rings (SSSR count). The molecular weight excluding hydrogens is 1180 g/mol. The van der Waals surface area contributed by atoms with E-state index in [9.17, 15) is 26.3 Å². The number of oxazole rings is 2.